The Labute approximate surface area is 111 Å². The summed E-state index contributed by atoms with van der Waals surface area (Å²) in [6.07, 6.45) is 0.978. The van der Waals surface area contributed by atoms with E-state index in [1.54, 1.807) is 11.9 Å². The molecule has 0 spiro atoms. The van der Waals surface area contributed by atoms with Crippen LogP contribution < -0.4 is 15.4 Å². The van der Waals surface area contributed by atoms with E-state index in [0.29, 0.717) is 18.2 Å². The topological polar surface area (TPSA) is 38.5 Å². The van der Waals surface area contributed by atoms with Gasteiger partial charge in [0.15, 0.2) is 11.6 Å². The second-order valence-electron chi connectivity index (χ2n) is 4.61. The zero-order valence-electron chi connectivity index (χ0n) is 11.3. The third kappa shape index (κ3) is 4.22. The van der Waals surface area contributed by atoms with Crippen LogP contribution in [0.15, 0.2) is 12.1 Å². The van der Waals surface area contributed by atoms with Gasteiger partial charge < -0.3 is 15.4 Å². The van der Waals surface area contributed by atoms with Gasteiger partial charge in [0.05, 0.1) is 11.4 Å². The fourth-order valence-electron chi connectivity index (χ4n) is 1.77. The molecule has 0 heterocycles. The van der Waals surface area contributed by atoms with E-state index in [2.05, 4.69) is 18.6 Å². The number of benzene rings is 1. The van der Waals surface area contributed by atoms with E-state index < -0.39 is 18.2 Å². The van der Waals surface area contributed by atoms with E-state index >= 15 is 0 Å². The van der Waals surface area contributed by atoms with Crippen molar-refractivity contribution < 1.29 is 17.9 Å². The summed E-state index contributed by atoms with van der Waals surface area (Å²) in [7, 11) is 1.78. The highest BCUT2D eigenvalue weighted by molar-refractivity contribution is 5.69. The van der Waals surface area contributed by atoms with Gasteiger partial charge in [0.1, 0.15) is 0 Å². The molecule has 1 aromatic carbocycles. The van der Waals surface area contributed by atoms with Crippen molar-refractivity contribution in [3.8, 4) is 5.75 Å². The fraction of sp³-hybridized carbons (Fsp3) is 0.538. The maximum atomic E-state index is 13.4. The molecular formula is C13H19F3N2O. The average molecular weight is 276 g/mol. The lowest BCUT2D eigenvalue weighted by Crippen LogP contribution is -2.24. The summed E-state index contributed by atoms with van der Waals surface area (Å²) in [6.45, 7) is 1.75. The van der Waals surface area contributed by atoms with Crippen molar-refractivity contribution in [2.45, 2.75) is 26.9 Å². The van der Waals surface area contributed by atoms with Gasteiger partial charge in [0, 0.05) is 25.7 Å². The second kappa shape index (κ2) is 6.54. The van der Waals surface area contributed by atoms with Crippen LogP contribution in [0.1, 0.15) is 20.3 Å². The Morgan fingerprint density at radius 3 is 2.53 bits per heavy atom. The Morgan fingerprint density at radius 2 is 2.00 bits per heavy atom. The number of nitrogens with zero attached hydrogens (tertiary/aromatic N) is 1. The lowest BCUT2D eigenvalue weighted by atomic mass is 10.1. The van der Waals surface area contributed by atoms with Gasteiger partial charge in [-0.3, -0.25) is 0 Å². The number of nitrogens with two attached hydrogens (primary N) is 1. The van der Waals surface area contributed by atoms with E-state index in [4.69, 9.17) is 5.73 Å². The molecule has 6 heteroatoms. The van der Waals surface area contributed by atoms with Crippen LogP contribution in [0.25, 0.3) is 0 Å². The Bertz CT molecular complexity index is 427. The molecule has 1 unspecified atom stereocenters. The van der Waals surface area contributed by atoms with E-state index in [9.17, 15) is 13.2 Å². The zero-order valence-corrected chi connectivity index (χ0v) is 11.3. The zero-order chi connectivity index (χ0) is 14.6. The molecule has 0 amide bonds. The Balaban J connectivity index is 2.99. The minimum absolute atomic E-state index is 0.199. The molecule has 108 valence electrons. The van der Waals surface area contributed by atoms with Crippen molar-refractivity contribution in [2.24, 2.45) is 5.92 Å². The van der Waals surface area contributed by atoms with E-state index in [-0.39, 0.29) is 5.69 Å². The SMILES string of the molecule is CCC(C)CN(C)c1cc(OC(F)F)c(F)cc1N. The Kier molecular flexibility index (Phi) is 5.32. The highest BCUT2D eigenvalue weighted by Crippen LogP contribution is 2.31. The molecule has 1 rings (SSSR count). The van der Waals surface area contributed by atoms with E-state index in [0.717, 1.165) is 12.5 Å². The molecule has 1 atom stereocenters. The third-order valence-electron chi connectivity index (χ3n) is 2.99. The van der Waals surface area contributed by atoms with Crippen molar-refractivity contribution in [1.29, 1.82) is 0 Å². The maximum Gasteiger partial charge on any atom is 0.387 e. The molecule has 0 bridgehead atoms. The minimum Gasteiger partial charge on any atom is -0.432 e. The fourth-order valence-corrected chi connectivity index (χ4v) is 1.77. The summed E-state index contributed by atoms with van der Waals surface area (Å²) in [5.41, 5.74) is 6.40. The lowest BCUT2D eigenvalue weighted by Gasteiger charge is -2.25. The molecule has 0 saturated heterocycles. The molecular weight excluding hydrogens is 257 g/mol. The number of rotatable bonds is 6. The van der Waals surface area contributed by atoms with Crippen LogP contribution in [0.4, 0.5) is 24.5 Å². The molecule has 0 saturated carbocycles. The third-order valence-corrected chi connectivity index (χ3v) is 2.99. The van der Waals surface area contributed by atoms with Crippen molar-refractivity contribution >= 4 is 11.4 Å². The predicted octanol–water partition coefficient (Wildman–Crippen LogP) is 3.49. The van der Waals surface area contributed by atoms with Crippen LogP contribution in [0.2, 0.25) is 0 Å². The lowest BCUT2D eigenvalue weighted by molar-refractivity contribution is -0.0521. The van der Waals surface area contributed by atoms with Crippen molar-refractivity contribution in [1.82, 2.24) is 0 Å². The van der Waals surface area contributed by atoms with E-state index in [1.807, 2.05) is 0 Å². The molecule has 0 fully saturated rings. The number of ether oxygens (including phenoxy) is 1. The highest BCUT2D eigenvalue weighted by atomic mass is 19.3. The van der Waals surface area contributed by atoms with Gasteiger partial charge in [-0.2, -0.15) is 8.78 Å². The number of nitrogen functional groups attached to an aromatic ring is 1. The molecule has 2 N–H and O–H groups in total. The number of alkyl halides is 2. The van der Waals surface area contributed by atoms with Gasteiger partial charge in [0.25, 0.3) is 0 Å². The summed E-state index contributed by atoms with van der Waals surface area (Å²) < 4.78 is 41.9. The Hall–Kier alpha value is -1.59. The van der Waals surface area contributed by atoms with Gasteiger partial charge in [-0.1, -0.05) is 20.3 Å². The van der Waals surface area contributed by atoms with Crippen LogP contribution in [0.5, 0.6) is 5.75 Å². The predicted molar refractivity (Wildman–Crippen MR) is 70.2 cm³/mol. The summed E-state index contributed by atoms with van der Waals surface area (Å²) in [4.78, 5) is 1.81. The van der Waals surface area contributed by atoms with E-state index in [1.165, 1.54) is 6.07 Å². The monoisotopic (exact) mass is 276 g/mol. The summed E-state index contributed by atoms with van der Waals surface area (Å²) in [6, 6.07) is 2.21. The van der Waals surface area contributed by atoms with Gasteiger partial charge in [-0.25, -0.2) is 4.39 Å². The molecule has 0 aromatic heterocycles. The first-order valence-electron chi connectivity index (χ1n) is 6.10. The molecule has 0 radical (unpaired) electrons. The Morgan fingerprint density at radius 1 is 1.37 bits per heavy atom. The molecule has 0 aliphatic carbocycles. The first kappa shape index (κ1) is 15.5. The summed E-state index contributed by atoms with van der Waals surface area (Å²) >= 11 is 0. The smallest absolute Gasteiger partial charge is 0.387 e. The van der Waals surface area contributed by atoms with Crippen LogP contribution in [-0.4, -0.2) is 20.2 Å². The first-order chi connectivity index (χ1) is 8.85. The molecule has 0 aliphatic rings. The maximum absolute atomic E-state index is 13.4. The van der Waals surface area contributed by atoms with Crippen LogP contribution in [0.3, 0.4) is 0 Å². The average Bonchev–Trinajstić information content (AvgIpc) is 2.31. The summed E-state index contributed by atoms with van der Waals surface area (Å²) in [5, 5.41) is 0. The second-order valence-corrected chi connectivity index (χ2v) is 4.61. The number of halogens is 3. The van der Waals surface area contributed by atoms with Gasteiger partial charge in [0.2, 0.25) is 0 Å². The standard InChI is InChI=1S/C13H19F3N2O/c1-4-8(2)7-18(3)11-6-12(19-13(15)16)9(14)5-10(11)17/h5-6,8,13H,4,7,17H2,1-3H3. The number of hydrogen-bond acceptors (Lipinski definition) is 3. The van der Waals surface area contributed by atoms with Gasteiger partial charge in [-0.15, -0.1) is 0 Å². The van der Waals surface area contributed by atoms with Crippen molar-refractivity contribution in [3.05, 3.63) is 17.9 Å². The van der Waals surface area contributed by atoms with Crippen molar-refractivity contribution in [2.75, 3.05) is 24.2 Å². The highest BCUT2D eigenvalue weighted by Gasteiger charge is 2.16. The number of anilines is 2. The van der Waals surface area contributed by atoms with Crippen LogP contribution in [0, 0.1) is 11.7 Å². The quantitative estimate of drug-likeness (QED) is 0.808. The number of hydrogen-bond donors (Lipinski definition) is 1. The van der Waals surface area contributed by atoms with Crippen LogP contribution in [-0.2, 0) is 0 Å². The molecule has 1 aromatic rings. The summed E-state index contributed by atoms with van der Waals surface area (Å²) in [5.74, 6) is -0.970. The molecule has 19 heavy (non-hydrogen) atoms. The molecule has 0 aliphatic heterocycles. The molecule has 3 nitrogen and oxygen atoms in total. The van der Waals surface area contributed by atoms with Gasteiger partial charge in [-0.05, 0) is 5.92 Å². The first-order valence-corrected chi connectivity index (χ1v) is 6.10. The van der Waals surface area contributed by atoms with Crippen LogP contribution >= 0.6 is 0 Å². The largest absolute Gasteiger partial charge is 0.432 e. The van der Waals surface area contributed by atoms with Gasteiger partial charge >= 0.3 is 6.61 Å². The van der Waals surface area contributed by atoms with Crippen molar-refractivity contribution in [3.63, 3.8) is 0 Å². The minimum atomic E-state index is -3.06. The normalized spacial score (nSPS) is 12.6.